The summed E-state index contributed by atoms with van der Waals surface area (Å²) >= 11 is 1.57. The Hall–Kier alpha value is -2.15. The molecule has 0 saturated carbocycles. The Morgan fingerprint density at radius 2 is 2.36 bits per heavy atom. The predicted molar refractivity (Wildman–Crippen MR) is 81.4 cm³/mol. The first kappa shape index (κ1) is 14.8. The van der Waals surface area contributed by atoms with Crippen molar-refractivity contribution in [1.29, 1.82) is 0 Å². The number of thiazole rings is 1. The van der Waals surface area contributed by atoms with Crippen LogP contribution in [-0.2, 0) is 0 Å². The quantitative estimate of drug-likeness (QED) is 0.868. The summed E-state index contributed by atoms with van der Waals surface area (Å²) < 4.78 is 10.1. The summed E-state index contributed by atoms with van der Waals surface area (Å²) in [4.78, 5) is 30.6. The molecule has 3 heterocycles. The number of nitrogens with zero attached hydrogens (tertiary/aromatic N) is 2. The van der Waals surface area contributed by atoms with E-state index in [0.717, 1.165) is 23.5 Å². The first-order valence-corrected chi connectivity index (χ1v) is 7.88. The van der Waals surface area contributed by atoms with Gasteiger partial charge in [-0.05, 0) is 19.8 Å². The molecule has 0 aromatic carbocycles. The Kier molecular flexibility index (Phi) is 3.98. The van der Waals surface area contributed by atoms with Crippen LogP contribution in [0.3, 0.4) is 0 Å². The van der Waals surface area contributed by atoms with Gasteiger partial charge in [0, 0.05) is 18.0 Å². The number of ether oxygens (including phenoxy) is 1. The maximum absolute atomic E-state index is 12.6. The lowest BCUT2D eigenvalue weighted by atomic mass is 10.1. The van der Waals surface area contributed by atoms with Crippen LogP contribution in [0.2, 0.25) is 0 Å². The number of hydrogen-bond donors (Lipinski definition) is 0. The molecule has 3 rings (SSSR count). The Balaban J connectivity index is 1.87. The van der Waals surface area contributed by atoms with Crippen molar-refractivity contribution < 1.29 is 13.9 Å². The minimum absolute atomic E-state index is 0.0321. The molecule has 116 valence electrons. The Morgan fingerprint density at radius 3 is 3.00 bits per heavy atom. The zero-order valence-corrected chi connectivity index (χ0v) is 13.2. The molecule has 0 N–H and O–H groups in total. The molecule has 0 spiro atoms. The number of carbonyl (C=O) groups excluding carboxylic acids is 1. The van der Waals surface area contributed by atoms with Crippen molar-refractivity contribution in [2.75, 3.05) is 13.7 Å². The molecule has 1 atom stereocenters. The van der Waals surface area contributed by atoms with Crippen LogP contribution in [0.1, 0.15) is 40.1 Å². The summed E-state index contributed by atoms with van der Waals surface area (Å²) in [6.07, 6.45) is 2.95. The minimum Gasteiger partial charge on any atom is -0.490 e. The summed E-state index contributed by atoms with van der Waals surface area (Å²) in [5.74, 6) is -0.165. The van der Waals surface area contributed by atoms with Gasteiger partial charge in [-0.3, -0.25) is 9.59 Å². The molecule has 1 aliphatic heterocycles. The lowest BCUT2D eigenvalue weighted by Gasteiger charge is -2.22. The van der Waals surface area contributed by atoms with E-state index in [1.165, 1.54) is 19.4 Å². The standard InChI is InChI=1S/C15H16N2O4S/c1-9-16-10(8-22-9)11-4-3-5-17(11)15(19)13-6-12(18)14(20-2)7-21-13/h6-8,11H,3-5H2,1-2H3/t11-/m0/s1. The number of aromatic nitrogens is 1. The van der Waals surface area contributed by atoms with Crippen molar-refractivity contribution in [3.05, 3.63) is 44.4 Å². The van der Waals surface area contributed by atoms with E-state index in [1.807, 2.05) is 12.3 Å². The molecule has 7 heteroatoms. The van der Waals surface area contributed by atoms with Crippen molar-refractivity contribution >= 4 is 17.2 Å². The van der Waals surface area contributed by atoms with Gasteiger partial charge in [-0.25, -0.2) is 4.98 Å². The summed E-state index contributed by atoms with van der Waals surface area (Å²) in [6, 6.07) is 1.13. The van der Waals surface area contributed by atoms with Crippen LogP contribution in [0.15, 0.2) is 26.9 Å². The van der Waals surface area contributed by atoms with E-state index in [9.17, 15) is 9.59 Å². The zero-order valence-electron chi connectivity index (χ0n) is 12.4. The lowest BCUT2D eigenvalue weighted by molar-refractivity contribution is 0.0697. The fraction of sp³-hybridized carbons (Fsp3) is 0.400. The lowest BCUT2D eigenvalue weighted by Crippen LogP contribution is -2.31. The number of likely N-dealkylation sites (tertiary alicyclic amines) is 1. The van der Waals surface area contributed by atoms with Crippen LogP contribution in [0.25, 0.3) is 0 Å². The van der Waals surface area contributed by atoms with Crippen molar-refractivity contribution in [3.8, 4) is 5.75 Å². The van der Waals surface area contributed by atoms with Gasteiger partial charge in [0.1, 0.15) is 6.26 Å². The summed E-state index contributed by atoms with van der Waals surface area (Å²) in [7, 11) is 1.38. The molecular formula is C15H16N2O4S. The van der Waals surface area contributed by atoms with Gasteiger partial charge in [0.05, 0.1) is 23.9 Å². The summed E-state index contributed by atoms with van der Waals surface area (Å²) in [5.41, 5.74) is 0.543. The molecule has 1 aliphatic rings. The van der Waals surface area contributed by atoms with E-state index in [-0.39, 0.29) is 28.9 Å². The molecule has 1 fully saturated rings. The molecule has 0 unspecified atom stereocenters. The maximum atomic E-state index is 12.6. The molecular weight excluding hydrogens is 304 g/mol. The van der Waals surface area contributed by atoms with E-state index in [4.69, 9.17) is 9.15 Å². The largest absolute Gasteiger partial charge is 0.490 e. The fourth-order valence-corrected chi connectivity index (χ4v) is 3.31. The number of hydrogen-bond acceptors (Lipinski definition) is 6. The molecule has 2 aromatic heterocycles. The first-order chi connectivity index (χ1) is 10.6. The van der Waals surface area contributed by atoms with Gasteiger partial charge in [0.25, 0.3) is 5.91 Å². The summed E-state index contributed by atoms with van der Waals surface area (Å²) in [6.45, 7) is 2.58. The first-order valence-electron chi connectivity index (χ1n) is 7.00. The van der Waals surface area contributed by atoms with Gasteiger partial charge in [0.15, 0.2) is 5.76 Å². The third-order valence-electron chi connectivity index (χ3n) is 3.72. The summed E-state index contributed by atoms with van der Waals surface area (Å²) in [5, 5.41) is 2.96. The number of aryl methyl sites for hydroxylation is 1. The molecule has 2 aromatic rings. The van der Waals surface area contributed by atoms with Crippen molar-refractivity contribution in [3.63, 3.8) is 0 Å². The second-order valence-electron chi connectivity index (χ2n) is 5.12. The monoisotopic (exact) mass is 320 g/mol. The average Bonchev–Trinajstić information content (AvgIpc) is 3.14. The highest BCUT2D eigenvalue weighted by atomic mass is 32.1. The van der Waals surface area contributed by atoms with Gasteiger partial charge in [-0.2, -0.15) is 0 Å². The molecule has 0 radical (unpaired) electrons. The Bertz CT molecular complexity index is 752. The highest BCUT2D eigenvalue weighted by molar-refractivity contribution is 7.09. The zero-order chi connectivity index (χ0) is 15.7. The van der Waals surface area contributed by atoms with Crippen LogP contribution in [0.4, 0.5) is 0 Å². The van der Waals surface area contributed by atoms with Gasteiger partial charge in [0.2, 0.25) is 11.2 Å². The van der Waals surface area contributed by atoms with Crippen LogP contribution < -0.4 is 10.2 Å². The molecule has 1 saturated heterocycles. The van der Waals surface area contributed by atoms with Crippen molar-refractivity contribution in [2.24, 2.45) is 0 Å². The molecule has 22 heavy (non-hydrogen) atoms. The number of methoxy groups -OCH3 is 1. The Morgan fingerprint density at radius 1 is 1.55 bits per heavy atom. The normalized spacial score (nSPS) is 17.7. The number of carbonyl (C=O) groups is 1. The minimum atomic E-state index is -0.364. The topological polar surface area (TPSA) is 72.6 Å². The van der Waals surface area contributed by atoms with Gasteiger partial charge in [-0.1, -0.05) is 0 Å². The average molecular weight is 320 g/mol. The van der Waals surface area contributed by atoms with E-state index in [0.29, 0.717) is 6.54 Å². The van der Waals surface area contributed by atoms with Crippen LogP contribution >= 0.6 is 11.3 Å². The van der Waals surface area contributed by atoms with Gasteiger partial charge < -0.3 is 14.1 Å². The van der Waals surface area contributed by atoms with E-state index < -0.39 is 0 Å². The number of rotatable bonds is 3. The number of amides is 1. The van der Waals surface area contributed by atoms with E-state index in [2.05, 4.69) is 4.98 Å². The van der Waals surface area contributed by atoms with Crippen LogP contribution in [0.5, 0.6) is 5.75 Å². The van der Waals surface area contributed by atoms with Gasteiger partial charge in [-0.15, -0.1) is 11.3 Å². The SMILES string of the molecule is COc1coc(C(=O)N2CCC[C@H]2c2csc(C)n2)cc1=O. The molecule has 6 nitrogen and oxygen atoms in total. The van der Waals surface area contributed by atoms with Crippen LogP contribution in [-0.4, -0.2) is 29.4 Å². The van der Waals surface area contributed by atoms with Crippen LogP contribution in [0, 0.1) is 6.92 Å². The third-order valence-corrected chi connectivity index (χ3v) is 4.51. The van der Waals surface area contributed by atoms with Gasteiger partial charge >= 0.3 is 0 Å². The maximum Gasteiger partial charge on any atom is 0.290 e. The molecule has 1 amide bonds. The Labute approximate surface area is 131 Å². The third kappa shape index (κ3) is 2.64. The highest BCUT2D eigenvalue weighted by Crippen LogP contribution is 2.33. The van der Waals surface area contributed by atoms with Crippen molar-refractivity contribution in [1.82, 2.24) is 9.88 Å². The second-order valence-corrected chi connectivity index (χ2v) is 6.19. The molecule has 0 aliphatic carbocycles. The molecule has 0 bridgehead atoms. The van der Waals surface area contributed by atoms with Crippen molar-refractivity contribution in [2.45, 2.75) is 25.8 Å². The predicted octanol–water partition coefficient (Wildman–Crippen LogP) is 2.39. The smallest absolute Gasteiger partial charge is 0.290 e. The van der Waals surface area contributed by atoms with E-state index in [1.54, 1.807) is 16.2 Å². The second kappa shape index (κ2) is 5.92. The highest BCUT2D eigenvalue weighted by Gasteiger charge is 2.33. The fourth-order valence-electron chi connectivity index (χ4n) is 2.65. The van der Waals surface area contributed by atoms with E-state index >= 15 is 0 Å².